The van der Waals surface area contributed by atoms with Gasteiger partial charge < -0.3 is 15.4 Å². The molecule has 0 aromatic heterocycles. The van der Waals surface area contributed by atoms with E-state index in [1.807, 2.05) is 0 Å². The van der Waals surface area contributed by atoms with E-state index in [-0.39, 0.29) is 23.9 Å². The molecule has 1 atom stereocenters. The number of esters is 1. The van der Waals surface area contributed by atoms with Gasteiger partial charge >= 0.3 is 5.97 Å². The molecule has 9 nitrogen and oxygen atoms in total. The normalized spacial score (nSPS) is 14.6. The van der Waals surface area contributed by atoms with E-state index in [1.165, 1.54) is 49.2 Å². The van der Waals surface area contributed by atoms with Crippen molar-refractivity contribution in [2.75, 3.05) is 17.3 Å². The summed E-state index contributed by atoms with van der Waals surface area (Å²) in [4.78, 5) is 65.7. The molecule has 1 unspecified atom stereocenters. The molecule has 46 heavy (non-hydrogen) atoms. The number of carbonyl (C=O) groups excluding carboxylic acids is 5. The Balaban J connectivity index is 1.28. The predicted molar refractivity (Wildman–Crippen MR) is 178 cm³/mol. The quantitative estimate of drug-likeness (QED) is 0.116. The number of rotatable bonds is 9. The molecular formula is C34H25Cl2N3O6S. The monoisotopic (exact) mass is 673 g/mol. The lowest BCUT2D eigenvalue weighted by Crippen LogP contribution is -2.31. The molecule has 1 saturated heterocycles. The van der Waals surface area contributed by atoms with Crippen molar-refractivity contribution in [1.29, 1.82) is 0 Å². The smallest absolute Gasteiger partial charge is 0.337 e. The number of nitrogens with one attached hydrogen (secondary N) is 2. The molecule has 2 N–H and O–H groups in total. The lowest BCUT2D eigenvalue weighted by atomic mass is 10.1. The minimum atomic E-state index is -0.656. The van der Waals surface area contributed by atoms with E-state index in [1.54, 1.807) is 72.8 Å². The van der Waals surface area contributed by atoms with Crippen molar-refractivity contribution in [3.8, 4) is 0 Å². The Labute approximate surface area is 278 Å². The Hall–Kier alpha value is -4.90. The first-order valence-electron chi connectivity index (χ1n) is 13.8. The number of thioether (sulfide) groups is 1. The molecule has 0 aliphatic carbocycles. The molecule has 0 spiro atoms. The number of nitrogens with zero attached hydrogens (tertiary/aromatic N) is 1. The summed E-state index contributed by atoms with van der Waals surface area (Å²) in [5.41, 5.74) is 1.71. The van der Waals surface area contributed by atoms with E-state index in [0.717, 1.165) is 4.90 Å². The maximum absolute atomic E-state index is 13.4. The molecule has 12 heteroatoms. The van der Waals surface area contributed by atoms with Crippen LogP contribution in [0.4, 0.5) is 11.4 Å². The zero-order chi connectivity index (χ0) is 32.8. The molecule has 4 aromatic rings. The number of hydrogen-bond acceptors (Lipinski definition) is 7. The highest BCUT2D eigenvalue weighted by molar-refractivity contribution is 8.00. The summed E-state index contributed by atoms with van der Waals surface area (Å²) in [7, 11) is 1.27. The third-order valence-corrected chi connectivity index (χ3v) is 8.72. The second-order valence-electron chi connectivity index (χ2n) is 9.91. The van der Waals surface area contributed by atoms with E-state index in [0.29, 0.717) is 43.0 Å². The van der Waals surface area contributed by atoms with Gasteiger partial charge in [-0.1, -0.05) is 47.5 Å². The van der Waals surface area contributed by atoms with Crippen molar-refractivity contribution in [1.82, 2.24) is 5.32 Å². The number of amides is 4. The van der Waals surface area contributed by atoms with Crippen molar-refractivity contribution in [2.45, 2.75) is 16.6 Å². The highest BCUT2D eigenvalue weighted by Gasteiger charge is 2.40. The van der Waals surface area contributed by atoms with Gasteiger partial charge in [0.05, 0.1) is 23.6 Å². The van der Waals surface area contributed by atoms with Crippen molar-refractivity contribution in [3.05, 3.63) is 129 Å². The van der Waals surface area contributed by atoms with Crippen molar-refractivity contribution in [2.24, 2.45) is 0 Å². The van der Waals surface area contributed by atoms with E-state index in [2.05, 4.69) is 10.6 Å². The summed E-state index contributed by atoms with van der Waals surface area (Å²) in [5, 5.41) is 5.34. The lowest BCUT2D eigenvalue weighted by molar-refractivity contribution is -0.121. The SMILES string of the molecule is COC(=O)c1ccc(N2C(=O)CC(Sc3ccc(NC(=O)/C(=C/c4c(Cl)cccc4Cl)NC(=O)c4ccccc4)cc3)C2=O)cc1. The predicted octanol–water partition coefficient (Wildman–Crippen LogP) is 6.61. The van der Waals surface area contributed by atoms with Crippen LogP contribution in [0.1, 0.15) is 32.7 Å². The summed E-state index contributed by atoms with van der Waals surface area (Å²) in [5.74, 6) is -2.37. The van der Waals surface area contributed by atoms with E-state index >= 15 is 0 Å². The van der Waals surface area contributed by atoms with Crippen LogP contribution in [0.25, 0.3) is 6.08 Å². The summed E-state index contributed by atoms with van der Waals surface area (Å²) < 4.78 is 4.69. The Bertz CT molecular complexity index is 1830. The molecule has 1 heterocycles. The molecule has 232 valence electrons. The second-order valence-corrected chi connectivity index (χ2v) is 12.0. The number of benzene rings is 4. The van der Waals surface area contributed by atoms with Gasteiger partial charge in [-0.15, -0.1) is 11.8 Å². The zero-order valence-electron chi connectivity index (χ0n) is 24.2. The van der Waals surface area contributed by atoms with Crippen LogP contribution in [0.2, 0.25) is 10.0 Å². The van der Waals surface area contributed by atoms with Gasteiger partial charge in [-0.2, -0.15) is 0 Å². The maximum atomic E-state index is 13.4. The molecule has 0 radical (unpaired) electrons. The van der Waals surface area contributed by atoms with E-state index in [9.17, 15) is 24.0 Å². The summed E-state index contributed by atoms with van der Waals surface area (Å²) in [6, 6.07) is 26.1. The van der Waals surface area contributed by atoms with E-state index < -0.39 is 23.0 Å². The number of methoxy groups -OCH3 is 1. The Morgan fingerprint density at radius 3 is 2.13 bits per heavy atom. The van der Waals surface area contributed by atoms with Crippen LogP contribution >= 0.6 is 35.0 Å². The number of imide groups is 1. The van der Waals surface area contributed by atoms with Crippen LogP contribution < -0.4 is 15.5 Å². The minimum Gasteiger partial charge on any atom is -0.465 e. The van der Waals surface area contributed by atoms with Gasteiger partial charge in [-0.25, -0.2) is 9.69 Å². The first-order chi connectivity index (χ1) is 22.1. The molecule has 0 bridgehead atoms. The fraction of sp³-hybridized carbons (Fsp3) is 0.0882. The molecule has 4 amide bonds. The Morgan fingerprint density at radius 2 is 1.50 bits per heavy atom. The molecule has 4 aromatic carbocycles. The van der Waals surface area contributed by atoms with Crippen LogP contribution in [0.15, 0.2) is 108 Å². The first kappa shape index (κ1) is 32.5. The number of anilines is 2. The third-order valence-electron chi connectivity index (χ3n) is 6.86. The van der Waals surface area contributed by atoms with Gasteiger partial charge in [-0.05, 0) is 78.9 Å². The average Bonchev–Trinajstić information content (AvgIpc) is 3.34. The lowest BCUT2D eigenvalue weighted by Gasteiger charge is -2.15. The van der Waals surface area contributed by atoms with Gasteiger partial charge in [0.2, 0.25) is 11.8 Å². The third kappa shape index (κ3) is 7.48. The Kier molecular flexibility index (Phi) is 10.2. The average molecular weight is 675 g/mol. The van der Waals surface area contributed by atoms with Crippen LogP contribution in [-0.4, -0.2) is 42.0 Å². The van der Waals surface area contributed by atoms with Gasteiger partial charge in [0, 0.05) is 38.2 Å². The van der Waals surface area contributed by atoms with Gasteiger partial charge in [0.15, 0.2) is 0 Å². The zero-order valence-corrected chi connectivity index (χ0v) is 26.5. The molecular weight excluding hydrogens is 649 g/mol. The molecule has 1 aliphatic heterocycles. The van der Waals surface area contributed by atoms with Crippen LogP contribution in [-0.2, 0) is 19.1 Å². The highest BCUT2D eigenvalue weighted by Crippen LogP contribution is 2.35. The largest absolute Gasteiger partial charge is 0.465 e. The topological polar surface area (TPSA) is 122 Å². The Morgan fingerprint density at radius 1 is 0.848 bits per heavy atom. The van der Waals surface area contributed by atoms with E-state index in [4.69, 9.17) is 27.9 Å². The molecule has 5 rings (SSSR count). The number of hydrogen-bond donors (Lipinski definition) is 2. The fourth-order valence-electron chi connectivity index (χ4n) is 4.55. The van der Waals surface area contributed by atoms with Crippen molar-refractivity contribution < 1.29 is 28.7 Å². The summed E-state index contributed by atoms with van der Waals surface area (Å²) in [6.07, 6.45) is 1.41. The van der Waals surface area contributed by atoms with Crippen LogP contribution in [0.5, 0.6) is 0 Å². The van der Waals surface area contributed by atoms with Crippen LogP contribution in [0, 0.1) is 0 Å². The van der Waals surface area contributed by atoms with Crippen molar-refractivity contribution >= 4 is 82.0 Å². The highest BCUT2D eigenvalue weighted by atomic mass is 35.5. The number of halogens is 2. The second kappa shape index (κ2) is 14.5. The summed E-state index contributed by atoms with van der Waals surface area (Å²) >= 11 is 13.9. The van der Waals surface area contributed by atoms with Crippen LogP contribution in [0.3, 0.4) is 0 Å². The minimum absolute atomic E-state index is 0.000608. The summed E-state index contributed by atoms with van der Waals surface area (Å²) in [6.45, 7) is 0. The molecule has 1 fully saturated rings. The maximum Gasteiger partial charge on any atom is 0.337 e. The van der Waals surface area contributed by atoms with Gasteiger partial charge in [0.25, 0.3) is 11.8 Å². The van der Waals surface area contributed by atoms with Gasteiger partial charge in [-0.3, -0.25) is 19.2 Å². The van der Waals surface area contributed by atoms with Crippen molar-refractivity contribution in [3.63, 3.8) is 0 Å². The first-order valence-corrected chi connectivity index (χ1v) is 15.4. The van der Waals surface area contributed by atoms with Gasteiger partial charge in [0.1, 0.15) is 5.70 Å². The molecule has 1 aliphatic rings. The fourth-order valence-corrected chi connectivity index (χ4v) is 6.11. The molecule has 0 saturated carbocycles. The standard InChI is InChI=1S/C34H25Cl2N3O6S/c1-45-34(44)21-10-14-23(15-11-21)39-30(40)19-29(33(39)43)46-24-16-12-22(13-17-24)37-32(42)28(18-25-26(35)8-5-9-27(25)36)38-31(41)20-6-3-2-4-7-20/h2-18,29H,19H2,1H3,(H,37,42)(H,38,41)/b28-18-. The number of carbonyl (C=O) groups is 5. The number of ether oxygens (including phenoxy) is 1.